The van der Waals surface area contributed by atoms with Crippen molar-refractivity contribution in [1.82, 2.24) is 5.32 Å². The number of aliphatic hydroxyl groups excluding tert-OH is 1. The fourth-order valence-corrected chi connectivity index (χ4v) is 2.91. The predicted molar refractivity (Wildman–Crippen MR) is 78.2 cm³/mol. The average Bonchev–Trinajstić information content (AvgIpc) is 3.28. The van der Waals surface area contributed by atoms with Crippen LogP contribution in [-0.2, 0) is 6.42 Å². The van der Waals surface area contributed by atoms with Gasteiger partial charge in [-0.05, 0) is 50.5 Å². The lowest BCUT2D eigenvalue weighted by molar-refractivity contribution is 0.202. The molecule has 2 aliphatic carbocycles. The highest BCUT2D eigenvalue weighted by molar-refractivity contribution is 5.23. The Morgan fingerprint density at radius 1 is 1.37 bits per heavy atom. The van der Waals surface area contributed by atoms with Crippen molar-refractivity contribution >= 4 is 0 Å². The minimum absolute atomic E-state index is 0.222. The van der Waals surface area contributed by atoms with Gasteiger partial charge >= 0.3 is 0 Å². The van der Waals surface area contributed by atoms with Gasteiger partial charge in [0.2, 0.25) is 0 Å². The van der Waals surface area contributed by atoms with Crippen LogP contribution >= 0.6 is 0 Å². The predicted octanol–water partition coefficient (Wildman–Crippen LogP) is 2.68. The molecule has 19 heavy (non-hydrogen) atoms. The van der Waals surface area contributed by atoms with Crippen LogP contribution in [0.15, 0.2) is 24.3 Å². The van der Waals surface area contributed by atoms with Gasteiger partial charge in [0.15, 0.2) is 0 Å². The van der Waals surface area contributed by atoms with Gasteiger partial charge in [0.05, 0.1) is 0 Å². The molecule has 2 N–H and O–H groups in total. The van der Waals surface area contributed by atoms with E-state index in [-0.39, 0.29) is 5.41 Å². The summed E-state index contributed by atoms with van der Waals surface area (Å²) in [7, 11) is 0. The lowest BCUT2D eigenvalue weighted by Crippen LogP contribution is -2.38. The first-order valence-electron chi connectivity index (χ1n) is 7.61. The summed E-state index contributed by atoms with van der Waals surface area (Å²) in [5, 5.41) is 13.2. The summed E-state index contributed by atoms with van der Waals surface area (Å²) < 4.78 is 0. The zero-order valence-electron chi connectivity index (χ0n) is 11.9. The molecule has 0 heterocycles. The topological polar surface area (TPSA) is 32.3 Å². The average molecular weight is 259 g/mol. The van der Waals surface area contributed by atoms with Crippen LogP contribution in [-0.4, -0.2) is 24.3 Å². The molecular weight excluding hydrogens is 234 g/mol. The van der Waals surface area contributed by atoms with E-state index in [1.165, 1.54) is 36.8 Å². The zero-order chi connectivity index (χ0) is 13.3. The maximum absolute atomic E-state index is 9.41. The van der Waals surface area contributed by atoms with Gasteiger partial charge in [0.1, 0.15) is 0 Å². The van der Waals surface area contributed by atoms with Gasteiger partial charge in [0, 0.05) is 24.6 Å². The number of aliphatic hydroxyl groups is 1. The van der Waals surface area contributed by atoms with E-state index in [0.717, 1.165) is 18.9 Å². The Morgan fingerprint density at radius 3 is 2.74 bits per heavy atom. The second-order valence-corrected chi connectivity index (χ2v) is 6.68. The first-order chi connectivity index (χ1) is 9.21. The molecule has 0 bridgehead atoms. The lowest BCUT2D eigenvalue weighted by atomic mass is 9.99. The molecule has 0 saturated heterocycles. The van der Waals surface area contributed by atoms with Crippen LogP contribution in [0.4, 0.5) is 0 Å². The van der Waals surface area contributed by atoms with Crippen molar-refractivity contribution in [2.45, 2.75) is 45.1 Å². The van der Waals surface area contributed by atoms with Crippen LogP contribution < -0.4 is 5.32 Å². The molecule has 0 spiro atoms. The van der Waals surface area contributed by atoms with Crippen molar-refractivity contribution < 1.29 is 5.11 Å². The van der Waals surface area contributed by atoms with Crippen LogP contribution in [0, 0.1) is 18.3 Å². The molecule has 2 aliphatic rings. The lowest BCUT2D eigenvalue weighted by Gasteiger charge is -2.22. The number of aryl methyl sites for hydroxylation is 1. The quantitative estimate of drug-likeness (QED) is 0.789. The van der Waals surface area contributed by atoms with Gasteiger partial charge in [-0.15, -0.1) is 0 Å². The van der Waals surface area contributed by atoms with E-state index in [2.05, 4.69) is 36.5 Å². The van der Waals surface area contributed by atoms with E-state index in [9.17, 15) is 5.11 Å². The summed E-state index contributed by atoms with van der Waals surface area (Å²) in [4.78, 5) is 0. The second-order valence-electron chi connectivity index (χ2n) is 6.68. The fraction of sp³-hybridized carbons (Fsp3) is 0.647. The van der Waals surface area contributed by atoms with Gasteiger partial charge in [-0.2, -0.15) is 0 Å². The minimum atomic E-state index is 0.222. The van der Waals surface area contributed by atoms with Crippen LogP contribution in [0.25, 0.3) is 0 Å². The van der Waals surface area contributed by atoms with Crippen LogP contribution in [0.3, 0.4) is 0 Å². The third-order valence-corrected chi connectivity index (χ3v) is 4.76. The maximum Gasteiger partial charge on any atom is 0.0499 e. The summed E-state index contributed by atoms with van der Waals surface area (Å²) in [6, 6.07) is 9.46. The highest BCUT2D eigenvalue weighted by Crippen LogP contribution is 2.45. The molecule has 0 radical (unpaired) electrons. The van der Waals surface area contributed by atoms with E-state index >= 15 is 0 Å². The first-order valence-corrected chi connectivity index (χ1v) is 7.61. The second kappa shape index (κ2) is 5.26. The minimum Gasteiger partial charge on any atom is -0.396 e. The molecule has 1 atom stereocenters. The summed E-state index contributed by atoms with van der Waals surface area (Å²) in [5.74, 6) is 0.856. The van der Waals surface area contributed by atoms with Gasteiger partial charge in [-0.25, -0.2) is 0 Å². The molecule has 0 aromatic heterocycles. The molecule has 104 valence electrons. The Hall–Kier alpha value is -0.860. The van der Waals surface area contributed by atoms with Crippen molar-refractivity contribution in [2.24, 2.45) is 11.3 Å². The number of hydrogen-bond donors (Lipinski definition) is 2. The number of benzene rings is 1. The van der Waals surface area contributed by atoms with E-state index in [0.29, 0.717) is 12.6 Å². The number of hydrogen-bond acceptors (Lipinski definition) is 2. The Labute approximate surface area is 116 Å². The van der Waals surface area contributed by atoms with Crippen molar-refractivity contribution in [3.05, 3.63) is 35.4 Å². The zero-order valence-corrected chi connectivity index (χ0v) is 11.9. The molecule has 1 unspecified atom stereocenters. The van der Waals surface area contributed by atoms with Gasteiger partial charge in [-0.1, -0.05) is 29.8 Å². The van der Waals surface area contributed by atoms with Crippen molar-refractivity contribution in [3.63, 3.8) is 0 Å². The van der Waals surface area contributed by atoms with Crippen molar-refractivity contribution in [3.8, 4) is 0 Å². The Morgan fingerprint density at radius 2 is 2.16 bits per heavy atom. The molecule has 1 aromatic rings. The Bertz CT molecular complexity index is 435. The summed E-state index contributed by atoms with van der Waals surface area (Å²) >= 11 is 0. The summed E-state index contributed by atoms with van der Waals surface area (Å²) in [6.07, 6.45) is 6.26. The molecule has 2 nitrogen and oxygen atoms in total. The van der Waals surface area contributed by atoms with E-state index in [1.54, 1.807) is 0 Å². The first kappa shape index (κ1) is 13.1. The van der Waals surface area contributed by atoms with E-state index in [1.807, 2.05) is 0 Å². The van der Waals surface area contributed by atoms with Crippen LogP contribution in [0.2, 0.25) is 0 Å². The Kier molecular flexibility index (Phi) is 3.64. The van der Waals surface area contributed by atoms with E-state index in [4.69, 9.17) is 0 Å². The monoisotopic (exact) mass is 259 g/mol. The third-order valence-electron chi connectivity index (χ3n) is 4.76. The molecule has 0 amide bonds. The smallest absolute Gasteiger partial charge is 0.0499 e. The SMILES string of the molecule is Cc1cccc(CC(NCC2(CO)CC2)C2CC2)c1. The molecule has 3 rings (SSSR count). The van der Waals surface area contributed by atoms with Crippen LogP contribution in [0.1, 0.15) is 36.8 Å². The molecule has 1 aromatic carbocycles. The molecule has 0 aliphatic heterocycles. The fourth-order valence-electron chi connectivity index (χ4n) is 2.91. The summed E-state index contributed by atoms with van der Waals surface area (Å²) in [5.41, 5.74) is 3.01. The van der Waals surface area contributed by atoms with Gasteiger partial charge < -0.3 is 10.4 Å². The largest absolute Gasteiger partial charge is 0.396 e. The highest BCUT2D eigenvalue weighted by Gasteiger charge is 2.43. The van der Waals surface area contributed by atoms with Crippen LogP contribution in [0.5, 0.6) is 0 Å². The molecule has 2 heteroatoms. The van der Waals surface area contributed by atoms with E-state index < -0.39 is 0 Å². The number of rotatable bonds is 7. The summed E-state index contributed by atoms with van der Waals surface area (Å²) in [6.45, 7) is 3.51. The third kappa shape index (κ3) is 3.37. The van der Waals surface area contributed by atoms with Gasteiger partial charge in [-0.3, -0.25) is 0 Å². The highest BCUT2D eigenvalue weighted by atomic mass is 16.3. The van der Waals surface area contributed by atoms with Crippen molar-refractivity contribution in [1.29, 1.82) is 0 Å². The molecule has 2 saturated carbocycles. The molecular formula is C17H25NO. The Balaban J connectivity index is 1.58. The normalized spacial score (nSPS) is 22.2. The number of nitrogens with one attached hydrogen (secondary N) is 1. The van der Waals surface area contributed by atoms with Crippen molar-refractivity contribution in [2.75, 3.05) is 13.2 Å². The van der Waals surface area contributed by atoms with Gasteiger partial charge in [0.25, 0.3) is 0 Å². The maximum atomic E-state index is 9.41. The molecule has 2 fully saturated rings. The standard InChI is InChI=1S/C17H25NO/c1-13-3-2-4-14(9-13)10-16(15-5-6-15)18-11-17(12-19)7-8-17/h2-4,9,15-16,18-19H,5-8,10-12H2,1H3.